The zero-order valence-electron chi connectivity index (χ0n) is 4.14. The van der Waals surface area contributed by atoms with Crippen molar-refractivity contribution in [1.29, 1.82) is 0 Å². The molecule has 1 radical (unpaired) electrons. The standard InChI is InChI=1S/C5H3O2.Y/c1-3-4(6)2-5(3)7;/h6H,1H2;/q-1;. The largest absolute Gasteiger partial charge is 0.533 e. The molecule has 0 saturated heterocycles. The third-order valence-electron chi connectivity index (χ3n) is 0.792. The first-order valence-electron chi connectivity index (χ1n) is 1.78. The van der Waals surface area contributed by atoms with E-state index in [1.165, 1.54) is 0 Å². The molecule has 0 saturated carbocycles. The number of hydrogen-bond acceptors (Lipinski definition) is 2. The van der Waals surface area contributed by atoms with Gasteiger partial charge < -0.3 is 9.90 Å². The molecule has 1 aliphatic rings. The van der Waals surface area contributed by atoms with Crippen LogP contribution in [0.5, 0.6) is 0 Å². The summed E-state index contributed by atoms with van der Waals surface area (Å²) < 4.78 is 0. The summed E-state index contributed by atoms with van der Waals surface area (Å²) in [6.07, 6.45) is 2.09. The first-order chi connectivity index (χ1) is 3.22. The number of rotatable bonds is 0. The van der Waals surface area contributed by atoms with E-state index < -0.39 is 0 Å². The van der Waals surface area contributed by atoms with Gasteiger partial charge in [0, 0.05) is 38.5 Å². The van der Waals surface area contributed by atoms with Gasteiger partial charge in [-0.1, -0.05) is 11.6 Å². The van der Waals surface area contributed by atoms with Crippen LogP contribution in [0, 0.1) is 6.08 Å². The van der Waals surface area contributed by atoms with Crippen LogP contribution in [0.15, 0.2) is 17.9 Å². The topological polar surface area (TPSA) is 37.3 Å². The Labute approximate surface area is 72.2 Å². The van der Waals surface area contributed by atoms with Gasteiger partial charge in [0.2, 0.25) is 0 Å². The molecule has 0 aromatic heterocycles. The molecule has 0 fully saturated rings. The SMILES string of the molecule is C=C1C(=O)[C-]=C1O.[Y]. The van der Waals surface area contributed by atoms with Gasteiger partial charge in [-0.3, -0.25) is 0 Å². The second-order valence-electron chi connectivity index (χ2n) is 1.28. The Morgan fingerprint density at radius 1 is 1.62 bits per heavy atom. The molecule has 0 amide bonds. The van der Waals surface area contributed by atoms with Crippen LogP contribution in [0.4, 0.5) is 0 Å². The van der Waals surface area contributed by atoms with Crippen molar-refractivity contribution in [2.45, 2.75) is 0 Å². The van der Waals surface area contributed by atoms with E-state index in [9.17, 15) is 4.79 Å². The number of aliphatic hydroxyl groups excluding tert-OH is 1. The van der Waals surface area contributed by atoms with Crippen LogP contribution in [-0.2, 0) is 37.5 Å². The average molecular weight is 184 g/mol. The van der Waals surface area contributed by atoms with Crippen molar-refractivity contribution in [2.24, 2.45) is 0 Å². The van der Waals surface area contributed by atoms with E-state index in [0.29, 0.717) is 0 Å². The number of Topliss-reactive ketones (excluding diaryl/α,β-unsaturated/α-hetero) is 1. The molecular formula is C5H3O2Y-. The van der Waals surface area contributed by atoms with Gasteiger partial charge in [0.25, 0.3) is 0 Å². The number of allylic oxidation sites excluding steroid dienone is 2. The molecule has 3 heteroatoms. The van der Waals surface area contributed by atoms with Crippen molar-refractivity contribution >= 4 is 5.78 Å². The second kappa shape index (κ2) is 2.56. The van der Waals surface area contributed by atoms with E-state index in [4.69, 9.17) is 5.11 Å². The molecule has 0 heterocycles. The van der Waals surface area contributed by atoms with E-state index >= 15 is 0 Å². The maximum Gasteiger partial charge on any atom is 0.0807 e. The number of ketones is 1. The predicted molar refractivity (Wildman–Crippen MR) is 23.5 cm³/mol. The summed E-state index contributed by atoms with van der Waals surface area (Å²) in [6, 6.07) is 0. The van der Waals surface area contributed by atoms with Crippen LogP contribution in [0.3, 0.4) is 0 Å². The van der Waals surface area contributed by atoms with Crippen LogP contribution in [0.2, 0.25) is 0 Å². The summed E-state index contributed by atoms with van der Waals surface area (Å²) >= 11 is 0. The molecule has 8 heavy (non-hydrogen) atoms. The third-order valence-corrected chi connectivity index (χ3v) is 0.792. The third kappa shape index (κ3) is 1.06. The molecule has 0 bridgehead atoms. The quantitative estimate of drug-likeness (QED) is 0.436. The molecule has 0 aliphatic heterocycles. The molecule has 0 aromatic rings. The van der Waals surface area contributed by atoms with Crippen LogP contribution < -0.4 is 0 Å². The Morgan fingerprint density at radius 2 is 2.12 bits per heavy atom. The van der Waals surface area contributed by atoms with Gasteiger partial charge in [0.1, 0.15) is 0 Å². The van der Waals surface area contributed by atoms with E-state index in [1.54, 1.807) is 0 Å². The van der Waals surface area contributed by atoms with E-state index in [1.807, 2.05) is 0 Å². The minimum atomic E-state index is -0.294. The van der Waals surface area contributed by atoms with Gasteiger partial charge in [-0.25, -0.2) is 0 Å². The second-order valence-corrected chi connectivity index (χ2v) is 1.28. The summed E-state index contributed by atoms with van der Waals surface area (Å²) in [5, 5.41) is 8.37. The van der Waals surface area contributed by atoms with Crippen LogP contribution in [0.1, 0.15) is 0 Å². The smallest absolute Gasteiger partial charge is 0.0807 e. The van der Waals surface area contributed by atoms with Gasteiger partial charge in [0.05, 0.1) is 5.78 Å². The number of aliphatic hydroxyl groups is 1. The Balaban J connectivity index is 0.000000490. The fraction of sp³-hybridized carbons (Fsp3) is 0. The van der Waals surface area contributed by atoms with Crippen LogP contribution in [-0.4, -0.2) is 10.9 Å². The zero-order chi connectivity index (χ0) is 5.44. The molecule has 2 nitrogen and oxygen atoms in total. The molecule has 0 aromatic carbocycles. The van der Waals surface area contributed by atoms with Gasteiger partial charge in [-0.2, -0.15) is 0 Å². The van der Waals surface area contributed by atoms with E-state index in [-0.39, 0.29) is 49.8 Å². The normalized spacial score (nSPS) is 16.2. The molecule has 0 atom stereocenters. The summed E-state index contributed by atoms with van der Waals surface area (Å²) in [5.41, 5.74) is 0.167. The van der Waals surface area contributed by atoms with Gasteiger partial charge in [-0.05, 0) is 0 Å². The number of carbonyl (C=O) groups is 1. The molecule has 0 spiro atoms. The number of hydrogen-bond donors (Lipinski definition) is 1. The molecule has 0 unspecified atom stereocenters. The zero-order valence-corrected chi connectivity index (χ0v) is 6.98. The van der Waals surface area contributed by atoms with Crippen LogP contribution >= 0.6 is 0 Å². The Bertz CT molecular complexity index is 169. The minimum absolute atomic E-state index is 0. The Hall–Kier alpha value is 0.0539. The molecule has 1 aliphatic carbocycles. The minimum Gasteiger partial charge on any atom is -0.533 e. The monoisotopic (exact) mass is 184 g/mol. The van der Waals surface area contributed by atoms with E-state index in [2.05, 4.69) is 12.7 Å². The van der Waals surface area contributed by atoms with Gasteiger partial charge in [0.15, 0.2) is 0 Å². The van der Waals surface area contributed by atoms with Crippen molar-refractivity contribution < 1.29 is 42.6 Å². The van der Waals surface area contributed by atoms with Crippen molar-refractivity contribution in [3.63, 3.8) is 0 Å². The van der Waals surface area contributed by atoms with Gasteiger partial charge in [-0.15, -0.1) is 6.58 Å². The molecule has 39 valence electrons. The van der Waals surface area contributed by atoms with E-state index in [0.717, 1.165) is 0 Å². The summed E-state index contributed by atoms with van der Waals surface area (Å²) in [5.74, 6) is -0.400. The molecule has 1 rings (SSSR count). The first kappa shape index (κ1) is 8.05. The predicted octanol–water partition coefficient (Wildman–Crippen LogP) is 0.368. The Kier molecular flexibility index (Phi) is 2.57. The van der Waals surface area contributed by atoms with Crippen molar-refractivity contribution in [3.8, 4) is 0 Å². The fourth-order valence-corrected chi connectivity index (χ4v) is 0.303. The Morgan fingerprint density at radius 3 is 2.12 bits per heavy atom. The van der Waals surface area contributed by atoms with Gasteiger partial charge >= 0.3 is 0 Å². The summed E-state index contributed by atoms with van der Waals surface area (Å²) in [6.45, 7) is 3.22. The average Bonchev–Trinajstić information content (AvgIpc) is 1.68. The molecule has 1 N–H and O–H groups in total. The van der Waals surface area contributed by atoms with Crippen molar-refractivity contribution in [3.05, 3.63) is 24.0 Å². The number of carbonyl (C=O) groups excluding carboxylic acids is 1. The van der Waals surface area contributed by atoms with Crippen molar-refractivity contribution in [1.82, 2.24) is 0 Å². The van der Waals surface area contributed by atoms with Crippen molar-refractivity contribution in [2.75, 3.05) is 0 Å². The first-order valence-corrected chi connectivity index (χ1v) is 1.78. The van der Waals surface area contributed by atoms with Crippen LogP contribution in [0.25, 0.3) is 0 Å². The maximum absolute atomic E-state index is 10.0. The molecular weight excluding hydrogens is 181 g/mol. The fourth-order valence-electron chi connectivity index (χ4n) is 0.303. The summed E-state index contributed by atoms with van der Waals surface area (Å²) in [7, 11) is 0. The summed E-state index contributed by atoms with van der Waals surface area (Å²) in [4.78, 5) is 10.0. The maximum atomic E-state index is 10.0.